The van der Waals surface area contributed by atoms with E-state index in [1.54, 1.807) is 18.3 Å². The second-order valence-electron chi connectivity index (χ2n) is 5.79. The molecular weight excluding hydrogens is 293 g/mol. The summed E-state index contributed by atoms with van der Waals surface area (Å²) in [7, 11) is 0. The molecule has 1 aliphatic heterocycles. The first kappa shape index (κ1) is 15.6. The summed E-state index contributed by atoms with van der Waals surface area (Å²) in [4.78, 5) is 20.8. The van der Waals surface area contributed by atoms with E-state index in [1.807, 2.05) is 17.2 Å². The molecule has 2 aromatic rings. The van der Waals surface area contributed by atoms with Crippen LogP contribution >= 0.6 is 0 Å². The maximum absolute atomic E-state index is 13.3. The minimum Gasteiger partial charge on any atom is -0.337 e. The van der Waals surface area contributed by atoms with Gasteiger partial charge < -0.3 is 4.90 Å². The number of benzene rings is 1. The summed E-state index contributed by atoms with van der Waals surface area (Å²) < 4.78 is 13.3. The fraction of sp³-hybridized carbons (Fsp3) is 0.333. The van der Waals surface area contributed by atoms with E-state index in [4.69, 9.17) is 0 Å². The summed E-state index contributed by atoms with van der Waals surface area (Å²) in [6, 6.07) is 9.91. The average molecular weight is 313 g/mol. The van der Waals surface area contributed by atoms with E-state index in [1.165, 1.54) is 17.7 Å². The third-order valence-corrected chi connectivity index (χ3v) is 4.08. The van der Waals surface area contributed by atoms with E-state index >= 15 is 0 Å². The third kappa shape index (κ3) is 4.13. The van der Waals surface area contributed by atoms with Crippen LogP contribution in [0.15, 0.2) is 48.8 Å². The average Bonchev–Trinajstić information content (AvgIpc) is 2.81. The highest BCUT2D eigenvalue weighted by Gasteiger charge is 2.20. The lowest BCUT2D eigenvalue weighted by Gasteiger charge is -2.22. The van der Waals surface area contributed by atoms with Crippen LogP contribution in [0.4, 0.5) is 4.39 Å². The second kappa shape index (κ2) is 7.33. The smallest absolute Gasteiger partial charge is 0.254 e. The van der Waals surface area contributed by atoms with Crippen molar-refractivity contribution >= 4 is 5.91 Å². The van der Waals surface area contributed by atoms with Crippen LogP contribution in [-0.2, 0) is 6.54 Å². The molecule has 1 aromatic carbocycles. The standard InChI is InChI=1S/C18H20FN3O/c19-17-6-1-5-16(12-17)18(23)22-9-3-8-21(10-11-22)14-15-4-2-7-20-13-15/h1-2,4-7,12-13H,3,8-11,14H2. The Hall–Kier alpha value is -2.27. The van der Waals surface area contributed by atoms with Gasteiger partial charge >= 0.3 is 0 Å². The number of rotatable bonds is 3. The minimum absolute atomic E-state index is 0.0901. The molecule has 0 N–H and O–H groups in total. The van der Waals surface area contributed by atoms with Crippen molar-refractivity contribution in [2.24, 2.45) is 0 Å². The van der Waals surface area contributed by atoms with Crippen molar-refractivity contribution in [1.29, 1.82) is 0 Å². The fourth-order valence-corrected chi connectivity index (χ4v) is 2.89. The molecule has 4 nitrogen and oxygen atoms in total. The summed E-state index contributed by atoms with van der Waals surface area (Å²) in [5.41, 5.74) is 1.60. The Labute approximate surface area is 135 Å². The zero-order valence-electron chi connectivity index (χ0n) is 13.0. The van der Waals surface area contributed by atoms with E-state index in [2.05, 4.69) is 16.0 Å². The lowest BCUT2D eigenvalue weighted by molar-refractivity contribution is 0.0760. The van der Waals surface area contributed by atoms with Gasteiger partial charge in [0.05, 0.1) is 0 Å². The van der Waals surface area contributed by atoms with Gasteiger partial charge in [0.15, 0.2) is 0 Å². The normalized spacial score (nSPS) is 16.1. The predicted molar refractivity (Wildman–Crippen MR) is 86.4 cm³/mol. The van der Waals surface area contributed by atoms with Gasteiger partial charge in [-0.3, -0.25) is 14.7 Å². The van der Waals surface area contributed by atoms with E-state index < -0.39 is 0 Å². The van der Waals surface area contributed by atoms with Crippen molar-refractivity contribution in [2.75, 3.05) is 26.2 Å². The maximum Gasteiger partial charge on any atom is 0.254 e. The first-order chi connectivity index (χ1) is 11.2. The molecule has 0 spiro atoms. The Morgan fingerprint density at radius 3 is 2.83 bits per heavy atom. The number of carbonyl (C=O) groups is 1. The summed E-state index contributed by atoms with van der Waals surface area (Å²) in [5, 5.41) is 0. The van der Waals surface area contributed by atoms with Gasteiger partial charge in [0.25, 0.3) is 5.91 Å². The van der Waals surface area contributed by atoms with Gasteiger partial charge in [-0.15, -0.1) is 0 Å². The highest BCUT2D eigenvalue weighted by molar-refractivity contribution is 5.94. The molecule has 1 saturated heterocycles. The van der Waals surface area contributed by atoms with Crippen LogP contribution in [0, 0.1) is 5.82 Å². The molecule has 3 rings (SSSR count). The molecule has 0 bridgehead atoms. The van der Waals surface area contributed by atoms with Gasteiger partial charge in [0.1, 0.15) is 5.82 Å². The van der Waals surface area contributed by atoms with Crippen LogP contribution in [0.1, 0.15) is 22.3 Å². The van der Waals surface area contributed by atoms with Crippen LogP contribution in [-0.4, -0.2) is 46.9 Å². The fourth-order valence-electron chi connectivity index (χ4n) is 2.89. The molecule has 1 aliphatic rings. The van der Waals surface area contributed by atoms with E-state index in [0.29, 0.717) is 18.7 Å². The van der Waals surface area contributed by atoms with Crippen LogP contribution < -0.4 is 0 Å². The highest BCUT2D eigenvalue weighted by Crippen LogP contribution is 2.12. The minimum atomic E-state index is -0.371. The Balaban J connectivity index is 1.61. The Morgan fingerprint density at radius 2 is 2.04 bits per heavy atom. The molecule has 0 aliphatic carbocycles. The molecule has 120 valence electrons. The molecule has 1 aromatic heterocycles. The van der Waals surface area contributed by atoms with Crippen molar-refractivity contribution in [2.45, 2.75) is 13.0 Å². The quantitative estimate of drug-likeness (QED) is 0.874. The van der Waals surface area contributed by atoms with Crippen molar-refractivity contribution in [3.8, 4) is 0 Å². The number of nitrogens with zero attached hydrogens (tertiary/aromatic N) is 3. The molecule has 0 saturated carbocycles. The number of halogens is 1. The van der Waals surface area contributed by atoms with Crippen LogP contribution in [0.5, 0.6) is 0 Å². The predicted octanol–water partition coefficient (Wildman–Crippen LogP) is 2.57. The van der Waals surface area contributed by atoms with Gasteiger partial charge in [0.2, 0.25) is 0 Å². The second-order valence-corrected chi connectivity index (χ2v) is 5.79. The zero-order chi connectivity index (χ0) is 16.1. The van der Waals surface area contributed by atoms with Gasteiger partial charge in [-0.25, -0.2) is 4.39 Å². The Kier molecular flexibility index (Phi) is 4.98. The number of pyridine rings is 1. The van der Waals surface area contributed by atoms with Crippen LogP contribution in [0.25, 0.3) is 0 Å². The van der Waals surface area contributed by atoms with Crippen molar-refractivity contribution in [3.63, 3.8) is 0 Å². The van der Waals surface area contributed by atoms with Crippen molar-refractivity contribution in [3.05, 3.63) is 65.7 Å². The van der Waals surface area contributed by atoms with Crippen molar-refractivity contribution in [1.82, 2.24) is 14.8 Å². The monoisotopic (exact) mass is 313 g/mol. The topological polar surface area (TPSA) is 36.4 Å². The van der Waals surface area contributed by atoms with Crippen molar-refractivity contribution < 1.29 is 9.18 Å². The van der Waals surface area contributed by atoms with Gasteiger partial charge in [-0.05, 0) is 36.2 Å². The summed E-state index contributed by atoms with van der Waals surface area (Å²) >= 11 is 0. The van der Waals surface area contributed by atoms with E-state index in [9.17, 15) is 9.18 Å². The Morgan fingerprint density at radius 1 is 1.13 bits per heavy atom. The third-order valence-electron chi connectivity index (χ3n) is 4.08. The van der Waals surface area contributed by atoms with Gasteiger partial charge in [0, 0.05) is 50.7 Å². The lowest BCUT2D eigenvalue weighted by atomic mass is 10.2. The first-order valence-electron chi connectivity index (χ1n) is 7.88. The zero-order valence-corrected chi connectivity index (χ0v) is 13.0. The lowest BCUT2D eigenvalue weighted by Crippen LogP contribution is -2.35. The van der Waals surface area contributed by atoms with Crippen LogP contribution in [0.2, 0.25) is 0 Å². The number of carbonyl (C=O) groups excluding carboxylic acids is 1. The molecule has 23 heavy (non-hydrogen) atoms. The molecule has 1 amide bonds. The summed E-state index contributed by atoms with van der Waals surface area (Å²) in [6.45, 7) is 3.97. The number of aromatic nitrogens is 1. The molecular formula is C18H20FN3O. The largest absolute Gasteiger partial charge is 0.337 e. The number of hydrogen-bond acceptors (Lipinski definition) is 3. The molecule has 1 fully saturated rings. The van der Waals surface area contributed by atoms with E-state index in [0.717, 1.165) is 26.1 Å². The Bertz CT molecular complexity index is 662. The first-order valence-corrected chi connectivity index (χ1v) is 7.88. The summed E-state index contributed by atoms with van der Waals surface area (Å²) in [5.74, 6) is -0.461. The highest BCUT2D eigenvalue weighted by atomic mass is 19.1. The number of hydrogen-bond donors (Lipinski definition) is 0. The molecule has 0 atom stereocenters. The van der Waals surface area contributed by atoms with Gasteiger partial charge in [-0.2, -0.15) is 0 Å². The molecule has 0 radical (unpaired) electrons. The number of amides is 1. The van der Waals surface area contributed by atoms with E-state index in [-0.39, 0.29) is 11.7 Å². The molecule has 2 heterocycles. The molecule has 5 heteroatoms. The maximum atomic E-state index is 13.3. The summed E-state index contributed by atoms with van der Waals surface area (Å²) in [6.07, 6.45) is 4.56. The SMILES string of the molecule is O=C(c1cccc(F)c1)N1CCCN(Cc2cccnc2)CC1. The van der Waals surface area contributed by atoms with Gasteiger partial charge in [-0.1, -0.05) is 12.1 Å². The van der Waals surface area contributed by atoms with Crippen LogP contribution in [0.3, 0.4) is 0 Å². The molecule has 0 unspecified atom stereocenters.